The van der Waals surface area contributed by atoms with E-state index < -0.39 is 0 Å². The fourth-order valence-electron chi connectivity index (χ4n) is 3.62. The number of nitrogens with zero attached hydrogens (tertiary/aromatic N) is 3. The van der Waals surface area contributed by atoms with E-state index in [1.807, 2.05) is 53.9 Å². The van der Waals surface area contributed by atoms with Gasteiger partial charge in [-0.05, 0) is 30.7 Å². The molecule has 2 aromatic heterocycles. The summed E-state index contributed by atoms with van der Waals surface area (Å²) in [5, 5.41) is 5.69. The van der Waals surface area contributed by atoms with Gasteiger partial charge >= 0.3 is 0 Å². The standard InChI is InChI=1S/C26H27N3O2S/c1-17-24(18-11-7-6-8-12-18)25-27-22(26(2,3)4)15-23(29(25)28-17)32-16-20(30)19-13-9-10-14-21(19)31-5/h6-15H,16H2,1-5H3. The Morgan fingerprint density at radius 3 is 2.44 bits per heavy atom. The van der Waals surface area contributed by atoms with Crippen molar-refractivity contribution in [1.29, 1.82) is 0 Å². The first kappa shape index (κ1) is 22.1. The molecule has 4 aromatic rings. The summed E-state index contributed by atoms with van der Waals surface area (Å²) in [7, 11) is 1.58. The first-order chi connectivity index (χ1) is 15.3. The summed E-state index contributed by atoms with van der Waals surface area (Å²) in [6.45, 7) is 8.44. The van der Waals surface area contributed by atoms with Gasteiger partial charge in [0.2, 0.25) is 0 Å². The molecule has 4 rings (SSSR count). The number of benzene rings is 2. The first-order valence-corrected chi connectivity index (χ1v) is 11.5. The van der Waals surface area contributed by atoms with Gasteiger partial charge in [0.1, 0.15) is 10.8 Å². The number of aromatic nitrogens is 3. The zero-order valence-electron chi connectivity index (χ0n) is 19.0. The highest BCUT2D eigenvalue weighted by atomic mass is 32.2. The molecule has 0 bridgehead atoms. The largest absolute Gasteiger partial charge is 0.496 e. The van der Waals surface area contributed by atoms with Gasteiger partial charge in [0.05, 0.1) is 29.8 Å². The Bertz CT molecular complexity index is 1270. The van der Waals surface area contributed by atoms with E-state index in [1.54, 1.807) is 13.2 Å². The third-order valence-corrected chi connectivity index (χ3v) is 6.31. The third-order valence-electron chi connectivity index (χ3n) is 5.32. The molecule has 2 heterocycles. The van der Waals surface area contributed by atoms with Crippen LogP contribution in [-0.2, 0) is 5.41 Å². The van der Waals surface area contributed by atoms with E-state index in [1.165, 1.54) is 11.8 Å². The fraction of sp³-hybridized carbons (Fsp3) is 0.269. The zero-order valence-corrected chi connectivity index (χ0v) is 19.9. The molecule has 0 aliphatic rings. The summed E-state index contributed by atoms with van der Waals surface area (Å²) in [4.78, 5) is 18.0. The highest BCUT2D eigenvalue weighted by Gasteiger charge is 2.23. The number of rotatable bonds is 6. The van der Waals surface area contributed by atoms with Gasteiger partial charge in [-0.1, -0.05) is 75.0 Å². The number of thioether (sulfide) groups is 1. The first-order valence-electron chi connectivity index (χ1n) is 10.5. The van der Waals surface area contributed by atoms with E-state index in [0.29, 0.717) is 11.3 Å². The maximum atomic E-state index is 13.0. The van der Waals surface area contributed by atoms with E-state index in [2.05, 4.69) is 32.9 Å². The van der Waals surface area contributed by atoms with Crippen LogP contribution < -0.4 is 4.74 Å². The molecule has 0 atom stereocenters. The molecule has 0 spiro atoms. The molecule has 0 aliphatic carbocycles. The van der Waals surface area contributed by atoms with Crippen molar-refractivity contribution in [3.8, 4) is 16.9 Å². The lowest BCUT2D eigenvalue weighted by molar-refractivity contribution is 0.101. The van der Waals surface area contributed by atoms with Crippen molar-refractivity contribution < 1.29 is 9.53 Å². The lowest BCUT2D eigenvalue weighted by Crippen LogP contribution is -2.15. The molecule has 0 saturated heterocycles. The molecule has 164 valence electrons. The summed E-state index contributed by atoms with van der Waals surface area (Å²) >= 11 is 1.47. The van der Waals surface area contributed by atoms with Crippen molar-refractivity contribution in [1.82, 2.24) is 14.6 Å². The SMILES string of the molecule is COc1ccccc1C(=O)CSc1cc(C(C)(C)C)nc2c(-c3ccccc3)c(C)nn12. The Hall–Kier alpha value is -3.12. The number of carbonyl (C=O) groups excluding carboxylic acids is 1. The number of para-hydroxylation sites is 1. The minimum atomic E-state index is -0.143. The van der Waals surface area contributed by atoms with E-state index in [-0.39, 0.29) is 17.0 Å². The minimum Gasteiger partial charge on any atom is -0.496 e. The summed E-state index contributed by atoms with van der Waals surface area (Å²) in [6.07, 6.45) is 0. The van der Waals surface area contributed by atoms with Crippen molar-refractivity contribution >= 4 is 23.2 Å². The highest BCUT2D eigenvalue weighted by molar-refractivity contribution is 7.99. The van der Waals surface area contributed by atoms with Gasteiger partial charge in [0.15, 0.2) is 11.4 Å². The monoisotopic (exact) mass is 445 g/mol. The zero-order chi connectivity index (χ0) is 22.9. The van der Waals surface area contributed by atoms with Crippen LogP contribution in [0.15, 0.2) is 65.7 Å². The fourth-order valence-corrected chi connectivity index (χ4v) is 4.50. The van der Waals surface area contributed by atoms with Crippen molar-refractivity contribution in [2.45, 2.75) is 38.1 Å². The number of hydrogen-bond donors (Lipinski definition) is 0. The Morgan fingerprint density at radius 1 is 1.06 bits per heavy atom. The highest BCUT2D eigenvalue weighted by Crippen LogP contribution is 2.33. The molecule has 6 heteroatoms. The Morgan fingerprint density at radius 2 is 1.75 bits per heavy atom. The average molecular weight is 446 g/mol. The maximum absolute atomic E-state index is 13.0. The Labute approximate surface area is 192 Å². The van der Waals surface area contributed by atoms with Gasteiger partial charge in [-0.3, -0.25) is 4.79 Å². The van der Waals surface area contributed by atoms with Gasteiger partial charge in [0.25, 0.3) is 0 Å². The average Bonchev–Trinajstić information content (AvgIpc) is 3.13. The summed E-state index contributed by atoms with van der Waals surface area (Å²) < 4.78 is 7.23. The molecule has 32 heavy (non-hydrogen) atoms. The number of fused-ring (bicyclic) bond motifs is 1. The van der Waals surface area contributed by atoms with E-state index >= 15 is 0 Å². The molecule has 0 amide bonds. The minimum absolute atomic E-state index is 0.0156. The molecular weight excluding hydrogens is 418 g/mol. The van der Waals surface area contributed by atoms with Crippen LogP contribution in [0.3, 0.4) is 0 Å². The third kappa shape index (κ3) is 4.28. The van der Waals surface area contributed by atoms with Crippen LogP contribution >= 0.6 is 11.8 Å². The van der Waals surface area contributed by atoms with Gasteiger partial charge in [-0.25, -0.2) is 9.50 Å². The second-order valence-corrected chi connectivity index (χ2v) is 9.70. The number of ether oxygens (including phenoxy) is 1. The second-order valence-electron chi connectivity index (χ2n) is 8.70. The molecule has 0 fully saturated rings. The van der Waals surface area contributed by atoms with Crippen molar-refractivity contribution in [3.63, 3.8) is 0 Å². The molecule has 5 nitrogen and oxygen atoms in total. The van der Waals surface area contributed by atoms with Gasteiger partial charge in [0, 0.05) is 11.0 Å². The van der Waals surface area contributed by atoms with Crippen LogP contribution in [0, 0.1) is 6.92 Å². The van der Waals surface area contributed by atoms with Crippen molar-refractivity contribution in [3.05, 3.63) is 77.6 Å². The van der Waals surface area contributed by atoms with Crippen LogP contribution in [0.4, 0.5) is 0 Å². The normalized spacial score (nSPS) is 11.7. The van der Waals surface area contributed by atoms with E-state index in [0.717, 1.165) is 33.2 Å². The lowest BCUT2D eigenvalue weighted by atomic mass is 9.92. The number of aryl methyl sites for hydroxylation is 1. The number of methoxy groups -OCH3 is 1. The van der Waals surface area contributed by atoms with Crippen molar-refractivity contribution in [2.75, 3.05) is 12.9 Å². The second kappa shape index (κ2) is 8.79. The van der Waals surface area contributed by atoms with Crippen LogP contribution in [0.25, 0.3) is 16.8 Å². The van der Waals surface area contributed by atoms with Gasteiger partial charge in [-0.2, -0.15) is 5.10 Å². The topological polar surface area (TPSA) is 56.5 Å². The predicted octanol–water partition coefficient (Wildman–Crippen LogP) is 5.99. The molecule has 0 unspecified atom stereocenters. The number of ketones is 1. The summed E-state index contributed by atoms with van der Waals surface area (Å²) in [5.41, 5.74) is 5.24. The molecule has 0 aliphatic heterocycles. The summed E-state index contributed by atoms with van der Waals surface area (Å²) in [6, 6.07) is 19.6. The van der Waals surface area contributed by atoms with E-state index in [4.69, 9.17) is 14.8 Å². The number of carbonyl (C=O) groups is 1. The molecule has 2 aromatic carbocycles. The quantitative estimate of drug-likeness (QED) is 0.207. The van der Waals surface area contributed by atoms with Crippen LogP contribution in [0.1, 0.15) is 42.5 Å². The van der Waals surface area contributed by atoms with Crippen LogP contribution in [0.5, 0.6) is 5.75 Å². The predicted molar refractivity (Wildman–Crippen MR) is 130 cm³/mol. The van der Waals surface area contributed by atoms with E-state index in [9.17, 15) is 4.79 Å². The number of Topliss-reactive ketones (excluding diaryl/α,β-unsaturated/α-hetero) is 1. The molecule has 0 N–H and O–H groups in total. The van der Waals surface area contributed by atoms with Crippen LogP contribution in [0.2, 0.25) is 0 Å². The summed E-state index contributed by atoms with van der Waals surface area (Å²) in [5.74, 6) is 0.888. The van der Waals surface area contributed by atoms with Crippen LogP contribution in [-0.4, -0.2) is 33.2 Å². The smallest absolute Gasteiger partial charge is 0.176 e. The van der Waals surface area contributed by atoms with Crippen molar-refractivity contribution in [2.24, 2.45) is 0 Å². The lowest BCUT2D eigenvalue weighted by Gasteiger charge is -2.19. The Balaban J connectivity index is 1.78. The van der Waals surface area contributed by atoms with Gasteiger partial charge in [-0.15, -0.1) is 0 Å². The Kier molecular flexibility index (Phi) is 6.07. The maximum Gasteiger partial charge on any atom is 0.176 e. The molecule has 0 radical (unpaired) electrons. The molecular formula is C26H27N3O2S. The molecule has 0 saturated carbocycles. The van der Waals surface area contributed by atoms with Gasteiger partial charge < -0.3 is 4.74 Å². The number of hydrogen-bond acceptors (Lipinski definition) is 5.